The van der Waals surface area contributed by atoms with E-state index in [9.17, 15) is 0 Å². The number of benzene rings is 13. The average molecular weight is 1140 g/mol. The summed E-state index contributed by atoms with van der Waals surface area (Å²) in [6.07, 6.45) is 6.47. The van der Waals surface area contributed by atoms with Gasteiger partial charge in [0.15, 0.2) is 0 Å². The molecule has 0 atom stereocenters. The summed E-state index contributed by atoms with van der Waals surface area (Å²) in [5.41, 5.74) is 28.8. The smallest absolute Gasteiger partial charge is 0.0726 e. The Bertz CT molecular complexity index is 5200. The molecule has 418 valence electrons. The highest BCUT2D eigenvalue weighted by Crippen LogP contribution is 2.64. The number of para-hydroxylation sites is 4. The fourth-order valence-corrected chi connectivity index (χ4v) is 15.4. The largest absolute Gasteiger partial charge is 0.314 e. The molecular formula is C85H58N4. The highest BCUT2D eigenvalue weighted by molar-refractivity contribution is 6.10. The van der Waals surface area contributed by atoms with Crippen molar-refractivity contribution in [3.8, 4) is 44.8 Å². The molecule has 4 nitrogen and oxygen atoms in total. The molecule has 0 N–H and O–H groups in total. The van der Waals surface area contributed by atoms with Gasteiger partial charge in [-0.2, -0.15) is 0 Å². The maximum absolute atomic E-state index is 2.50. The summed E-state index contributed by atoms with van der Waals surface area (Å²) >= 11 is 0. The predicted octanol–water partition coefficient (Wildman–Crippen LogP) is 22.3. The normalized spacial score (nSPS) is 13.5. The first-order valence-corrected chi connectivity index (χ1v) is 31.0. The molecule has 3 aliphatic rings. The number of aromatic nitrogens is 2. The monoisotopic (exact) mass is 1130 g/mol. The lowest BCUT2D eigenvalue weighted by atomic mass is 9.70. The molecule has 2 aromatic heterocycles. The third-order valence-corrected chi connectivity index (χ3v) is 19.3. The van der Waals surface area contributed by atoms with Crippen molar-refractivity contribution < 1.29 is 0 Å². The number of anilines is 5. The molecule has 0 amide bonds. The van der Waals surface area contributed by atoms with Crippen LogP contribution in [0.2, 0.25) is 0 Å². The average Bonchev–Trinajstić information content (AvgIpc) is 1.51. The van der Waals surface area contributed by atoms with Crippen LogP contribution >= 0.6 is 0 Å². The standard InChI is InChI=1S/C85H58N4/c1-2-19-57(20-3-1)58-37-43-61(44-38-58)86(63-49-53-66(54-50-63)88-79-32-14-7-23-70(79)71-24-8-15-33-80(71)88)62-45-39-59(40-46-62)60-41-47-64(48-42-60)87(65-51-55-67(56-52-65)89-81-34-16-9-25-72(81)73-26-10-17-35-82(73)89)83-36-18-31-78-84(83)74-27-6-13-30-77(74)85(78)75-28-11-4-21-68(75)69-22-5-12-29-76(69)85/h1-39,41-45,47-56H,40,46H2. The maximum Gasteiger partial charge on any atom is 0.0726 e. The topological polar surface area (TPSA) is 16.3 Å². The van der Waals surface area contributed by atoms with Crippen molar-refractivity contribution in [2.24, 2.45) is 0 Å². The molecule has 1 spiro atoms. The Hall–Kier alpha value is -11.5. The van der Waals surface area contributed by atoms with Gasteiger partial charge >= 0.3 is 0 Å². The van der Waals surface area contributed by atoms with Crippen LogP contribution in [0.5, 0.6) is 0 Å². The molecule has 18 rings (SSSR count). The van der Waals surface area contributed by atoms with Crippen LogP contribution in [0.3, 0.4) is 0 Å². The number of rotatable bonds is 10. The van der Waals surface area contributed by atoms with E-state index < -0.39 is 5.41 Å². The van der Waals surface area contributed by atoms with E-state index in [1.165, 1.54) is 116 Å². The van der Waals surface area contributed by atoms with Crippen molar-refractivity contribution in [2.45, 2.75) is 18.3 Å². The maximum atomic E-state index is 2.50. The Labute approximate surface area is 517 Å². The van der Waals surface area contributed by atoms with Crippen LogP contribution in [0.1, 0.15) is 40.7 Å². The minimum absolute atomic E-state index is 0.469. The van der Waals surface area contributed by atoms with Gasteiger partial charge in [-0.05, 0) is 183 Å². The van der Waals surface area contributed by atoms with Crippen LogP contribution < -0.4 is 9.80 Å². The Balaban J connectivity index is 0.744. The van der Waals surface area contributed by atoms with Gasteiger partial charge in [-0.3, -0.25) is 0 Å². The third-order valence-electron chi connectivity index (χ3n) is 19.3. The minimum atomic E-state index is -0.469. The zero-order valence-electron chi connectivity index (χ0n) is 48.9. The van der Waals surface area contributed by atoms with Crippen molar-refractivity contribution in [1.29, 1.82) is 0 Å². The van der Waals surface area contributed by atoms with E-state index >= 15 is 0 Å². The van der Waals surface area contributed by atoms with Crippen LogP contribution in [0.25, 0.3) is 93.9 Å². The molecule has 0 radical (unpaired) electrons. The summed E-state index contributed by atoms with van der Waals surface area (Å²) in [6, 6.07) is 117. The van der Waals surface area contributed by atoms with Crippen molar-refractivity contribution in [3.05, 3.63) is 361 Å². The zero-order valence-corrected chi connectivity index (χ0v) is 48.9. The molecule has 0 fully saturated rings. The Morgan fingerprint density at radius 1 is 0.270 bits per heavy atom. The second kappa shape index (κ2) is 20.3. The Morgan fingerprint density at radius 3 is 1.13 bits per heavy atom. The number of hydrogen-bond acceptors (Lipinski definition) is 2. The van der Waals surface area contributed by atoms with Gasteiger partial charge in [0.05, 0.1) is 33.2 Å². The number of nitrogens with zero attached hydrogens (tertiary/aromatic N) is 4. The van der Waals surface area contributed by atoms with Gasteiger partial charge in [-0.15, -0.1) is 0 Å². The summed E-state index contributed by atoms with van der Waals surface area (Å²) in [5.74, 6) is 0. The molecule has 4 heteroatoms. The summed E-state index contributed by atoms with van der Waals surface area (Å²) in [6.45, 7) is 0. The second-order valence-corrected chi connectivity index (χ2v) is 23.8. The summed E-state index contributed by atoms with van der Waals surface area (Å²) in [4.78, 5) is 4.95. The van der Waals surface area contributed by atoms with E-state index in [1.54, 1.807) is 0 Å². The molecule has 3 aliphatic carbocycles. The van der Waals surface area contributed by atoms with Gasteiger partial charge in [-0.25, -0.2) is 0 Å². The highest BCUT2D eigenvalue weighted by atomic mass is 15.2. The van der Waals surface area contributed by atoms with Crippen molar-refractivity contribution in [2.75, 3.05) is 9.80 Å². The first-order chi connectivity index (χ1) is 44.2. The van der Waals surface area contributed by atoms with E-state index in [0.717, 1.165) is 52.7 Å². The Morgan fingerprint density at radius 2 is 0.652 bits per heavy atom. The van der Waals surface area contributed by atoms with Crippen LogP contribution in [-0.2, 0) is 5.41 Å². The molecule has 0 unspecified atom stereocenters. The molecular weight excluding hydrogens is 1080 g/mol. The van der Waals surface area contributed by atoms with Gasteiger partial charge in [0.2, 0.25) is 0 Å². The minimum Gasteiger partial charge on any atom is -0.314 e. The fourth-order valence-electron chi connectivity index (χ4n) is 15.4. The summed E-state index contributed by atoms with van der Waals surface area (Å²) < 4.78 is 4.80. The summed E-state index contributed by atoms with van der Waals surface area (Å²) in [5, 5.41) is 5.03. The molecule has 89 heavy (non-hydrogen) atoms. The summed E-state index contributed by atoms with van der Waals surface area (Å²) in [7, 11) is 0. The highest BCUT2D eigenvalue weighted by Gasteiger charge is 2.52. The van der Waals surface area contributed by atoms with E-state index in [1.807, 2.05) is 0 Å². The first-order valence-electron chi connectivity index (χ1n) is 31.0. The molecule has 0 saturated carbocycles. The number of hydrogen-bond donors (Lipinski definition) is 0. The van der Waals surface area contributed by atoms with Crippen LogP contribution in [0, 0.1) is 0 Å². The lowest BCUT2D eigenvalue weighted by Crippen LogP contribution is -2.26. The van der Waals surface area contributed by atoms with Crippen LogP contribution in [0.15, 0.2) is 333 Å². The molecule has 2 heterocycles. The molecule has 0 aliphatic heterocycles. The molecule has 0 bridgehead atoms. The first kappa shape index (κ1) is 50.8. The van der Waals surface area contributed by atoms with Crippen LogP contribution in [-0.4, -0.2) is 9.13 Å². The van der Waals surface area contributed by atoms with Gasteiger partial charge in [0.25, 0.3) is 0 Å². The number of allylic oxidation sites excluding steroid dienone is 4. The van der Waals surface area contributed by atoms with Gasteiger partial charge in [0.1, 0.15) is 0 Å². The lowest BCUT2D eigenvalue weighted by molar-refractivity contribution is 0.794. The lowest BCUT2D eigenvalue weighted by Gasteiger charge is -2.32. The number of fused-ring (bicyclic) bond motifs is 16. The van der Waals surface area contributed by atoms with E-state index in [0.29, 0.717) is 0 Å². The quantitative estimate of drug-likeness (QED) is 0.136. The van der Waals surface area contributed by atoms with Gasteiger partial charge in [-0.1, -0.05) is 218 Å². The van der Waals surface area contributed by atoms with E-state index in [2.05, 4.69) is 347 Å². The molecule has 15 aromatic rings. The molecule has 0 saturated heterocycles. The van der Waals surface area contributed by atoms with Gasteiger partial charge in [0, 0.05) is 66.9 Å². The van der Waals surface area contributed by atoms with E-state index in [4.69, 9.17) is 0 Å². The fraction of sp³-hybridized carbons (Fsp3) is 0.0353. The predicted molar refractivity (Wildman–Crippen MR) is 372 cm³/mol. The SMILES string of the molecule is C1=C(c2ccc(N(c3ccc(-n4c5ccccc5c5ccccc54)cc3)c3cccc4c3-c3ccccc3C43c4ccccc4-c4ccccc43)cc2)CCC(N(c2ccc(-c3ccccc3)cc2)c2ccc(-n3c4ccccc4c4ccccc43)cc2)=C1. The van der Waals surface area contributed by atoms with Gasteiger partial charge < -0.3 is 18.9 Å². The van der Waals surface area contributed by atoms with E-state index in [-0.39, 0.29) is 0 Å². The van der Waals surface area contributed by atoms with Crippen LogP contribution in [0.4, 0.5) is 28.4 Å². The second-order valence-electron chi connectivity index (χ2n) is 23.8. The van der Waals surface area contributed by atoms with Crippen molar-refractivity contribution in [3.63, 3.8) is 0 Å². The Kier molecular flexibility index (Phi) is 11.6. The van der Waals surface area contributed by atoms with Crippen molar-refractivity contribution >= 4 is 77.6 Å². The third kappa shape index (κ3) is 7.80. The van der Waals surface area contributed by atoms with Crippen molar-refractivity contribution in [1.82, 2.24) is 9.13 Å². The molecule has 13 aromatic carbocycles. The zero-order chi connectivity index (χ0) is 58.6.